The lowest BCUT2D eigenvalue weighted by atomic mass is 10.1. The largest absolute Gasteiger partial charge is 0.359 e. The maximum Gasteiger partial charge on any atom is 0.261 e. The highest BCUT2D eigenvalue weighted by molar-refractivity contribution is 6.11. The number of hydrogen-bond donors (Lipinski definition) is 1. The predicted octanol–water partition coefficient (Wildman–Crippen LogP) is 4.44. The van der Waals surface area contributed by atoms with Crippen molar-refractivity contribution >= 4 is 17.4 Å². The van der Waals surface area contributed by atoms with Crippen LogP contribution in [0.5, 0.6) is 0 Å². The number of fused-ring (bicyclic) bond motifs is 1. The molecule has 0 spiro atoms. The van der Waals surface area contributed by atoms with E-state index in [1.165, 1.54) is 17.0 Å². The van der Waals surface area contributed by atoms with E-state index in [0.717, 1.165) is 11.6 Å². The average molecular weight is 351 g/mol. The number of carbonyl (C=O) groups is 1. The minimum atomic E-state index is -0.723. The molecule has 1 amide bonds. The first kappa shape index (κ1) is 16.2. The van der Waals surface area contributed by atoms with Crippen LogP contribution < -0.4 is 10.2 Å². The fourth-order valence-electron chi connectivity index (χ4n) is 3.05. The van der Waals surface area contributed by atoms with Crippen LogP contribution in [0.25, 0.3) is 0 Å². The molecule has 0 radical (unpaired) electrons. The summed E-state index contributed by atoms with van der Waals surface area (Å²) < 4.78 is 27.3. The van der Waals surface area contributed by atoms with Crippen LogP contribution in [-0.4, -0.2) is 10.9 Å². The Morgan fingerprint density at radius 2 is 1.88 bits per heavy atom. The SMILES string of the molecule is Cc1ccc(N2C(=O)c3ccccc3C2Nc2ccc(F)cc2F)nc1. The zero-order valence-electron chi connectivity index (χ0n) is 13.9. The van der Waals surface area contributed by atoms with Crippen molar-refractivity contribution in [3.8, 4) is 0 Å². The van der Waals surface area contributed by atoms with Crippen molar-refractivity contribution in [3.63, 3.8) is 0 Å². The third kappa shape index (κ3) is 2.69. The van der Waals surface area contributed by atoms with Crippen molar-refractivity contribution in [2.24, 2.45) is 0 Å². The number of nitrogens with zero attached hydrogens (tertiary/aromatic N) is 2. The summed E-state index contributed by atoms with van der Waals surface area (Å²) in [5.41, 5.74) is 2.31. The number of aryl methyl sites for hydroxylation is 1. The number of anilines is 2. The summed E-state index contributed by atoms with van der Waals surface area (Å²) in [6.07, 6.45) is 1.02. The number of carbonyl (C=O) groups excluding carboxylic acids is 1. The van der Waals surface area contributed by atoms with Gasteiger partial charge in [-0.3, -0.25) is 9.69 Å². The molecule has 0 fully saturated rings. The molecule has 1 atom stereocenters. The Labute approximate surface area is 149 Å². The number of hydrogen-bond acceptors (Lipinski definition) is 3. The van der Waals surface area contributed by atoms with Crippen LogP contribution in [0.2, 0.25) is 0 Å². The summed E-state index contributed by atoms with van der Waals surface area (Å²) in [5, 5.41) is 3.01. The quantitative estimate of drug-likeness (QED) is 0.759. The van der Waals surface area contributed by atoms with Gasteiger partial charge in [-0.05, 0) is 36.8 Å². The summed E-state index contributed by atoms with van der Waals surface area (Å²) >= 11 is 0. The Hall–Kier alpha value is -3.28. The molecule has 0 saturated carbocycles. The summed E-state index contributed by atoms with van der Waals surface area (Å²) in [5.74, 6) is -1.15. The van der Waals surface area contributed by atoms with Gasteiger partial charge in [0.15, 0.2) is 0 Å². The molecule has 1 aromatic heterocycles. The van der Waals surface area contributed by atoms with E-state index in [0.29, 0.717) is 16.9 Å². The molecule has 4 nitrogen and oxygen atoms in total. The van der Waals surface area contributed by atoms with Crippen molar-refractivity contribution in [1.82, 2.24) is 4.98 Å². The standard InChI is InChI=1S/C20H15F2N3O/c1-12-6-9-18(23-11-12)25-19(14-4-2-3-5-15(14)20(25)26)24-17-8-7-13(21)10-16(17)22/h2-11,19,24H,1H3. The molecule has 2 heterocycles. The molecule has 2 aromatic carbocycles. The first-order chi connectivity index (χ1) is 12.5. The Balaban J connectivity index is 1.79. The van der Waals surface area contributed by atoms with E-state index < -0.39 is 17.8 Å². The van der Waals surface area contributed by atoms with E-state index in [9.17, 15) is 13.6 Å². The summed E-state index contributed by atoms with van der Waals surface area (Å²) in [4.78, 5) is 18.7. The van der Waals surface area contributed by atoms with E-state index in [-0.39, 0.29) is 11.6 Å². The molecule has 1 aliphatic heterocycles. The lowest BCUT2D eigenvalue weighted by Gasteiger charge is -2.26. The number of aromatic nitrogens is 1. The van der Waals surface area contributed by atoms with Crippen molar-refractivity contribution in [3.05, 3.63) is 89.1 Å². The van der Waals surface area contributed by atoms with Gasteiger partial charge in [-0.25, -0.2) is 13.8 Å². The molecule has 1 unspecified atom stereocenters. The van der Waals surface area contributed by atoms with E-state index >= 15 is 0 Å². The highest BCUT2D eigenvalue weighted by Gasteiger charge is 2.38. The van der Waals surface area contributed by atoms with Crippen molar-refractivity contribution in [2.45, 2.75) is 13.1 Å². The molecule has 0 saturated heterocycles. The summed E-state index contributed by atoms with van der Waals surface area (Å²) in [7, 11) is 0. The lowest BCUT2D eigenvalue weighted by Crippen LogP contribution is -2.33. The van der Waals surface area contributed by atoms with E-state index in [2.05, 4.69) is 10.3 Å². The molecule has 3 aromatic rings. The average Bonchev–Trinajstić information content (AvgIpc) is 2.91. The first-order valence-corrected chi connectivity index (χ1v) is 8.11. The smallest absolute Gasteiger partial charge is 0.261 e. The third-order valence-corrected chi connectivity index (χ3v) is 4.33. The number of halogens is 2. The van der Waals surface area contributed by atoms with Gasteiger partial charge < -0.3 is 5.32 Å². The zero-order valence-corrected chi connectivity index (χ0v) is 13.9. The first-order valence-electron chi connectivity index (χ1n) is 8.11. The van der Waals surface area contributed by atoms with E-state index in [4.69, 9.17) is 0 Å². The van der Waals surface area contributed by atoms with Gasteiger partial charge in [0, 0.05) is 23.4 Å². The molecular weight excluding hydrogens is 336 g/mol. The topological polar surface area (TPSA) is 45.2 Å². The van der Waals surface area contributed by atoms with Crippen LogP contribution in [0.15, 0.2) is 60.8 Å². The molecule has 0 bridgehead atoms. The van der Waals surface area contributed by atoms with E-state index in [1.54, 1.807) is 30.5 Å². The molecule has 1 N–H and O–H groups in total. The highest BCUT2D eigenvalue weighted by atomic mass is 19.1. The third-order valence-electron chi connectivity index (χ3n) is 4.33. The van der Waals surface area contributed by atoms with Gasteiger partial charge in [0.2, 0.25) is 0 Å². The second kappa shape index (κ2) is 6.22. The van der Waals surface area contributed by atoms with Crippen molar-refractivity contribution in [1.29, 1.82) is 0 Å². The lowest BCUT2D eigenvalue weighted by molar-refractivity contribution is 0.0992. The molecule has 0 aliphatic carbocycles. The predicted molar refractivity (Wildman–Crippen MR) is 94.9 cm³/mol. The Bertz CT molecular complexity index is 989. The van der Waals surface area contributed by atoms with Crippen LogP contribution in [-0.2, 0) is 0 Å². The van der Waals surface area contributed by atoms with Gasteiger partial charge in [0.1, 0.15) is 23.6 Å². The second-order valence-electron chi connectivity index (χ2n) is 6.13. The monoisotopic (exact) mass is 351 g/mol. The summed E-state index contributed by atoms with van der Waals surface area (Å²) in [6, 6.07) is 14.0. The molecule has 1 aliphatic rings. The number of nitrogens with one attached hydrogen (secondary N) is 1. The molecule has 130 valence electrons. The van der Waals surface area contributed by atoms with Gasteiger partial charge >= 0.3 is 0 Å². The molecule has 26 heavy (non-hydrogen) atoms. The fourth-order valence-corrected chi connectivity index (χ4v) is 3.05. The van der Waals surface area contributed by atoms with Crippen LogP contribution in [0.3, 0.4) is 0 Å². The number of amides is 1. The van der Waals surface area contributed by atoms with Crippen LogP contribution in [0.4, 0.5) is 20.3 Å². The summed E-state index contributed by atoms with van der Waals surface area (Å²) in [6.45, 7) is 1.90. The minimum absolute atomic E-state index is 0.109. The molecular formula is C20H15F2N3O. The van der Waals surface area contributed by atoms with Gasteiger partial charge in [-0.15, -0.1) is 0 Å². The maximum atomic E-state index is 14.1. The van der Waals surface area contributed by atoms with Crippen LogP contribution in [0, 0.1) is 18.6 Å². The fraction of sp³-hybridized carbons (Fsp3) is 0.100. The highest BCUT2D eigenvalue weighted by Crippen LogP contribution is 2.37. The Kier molecular flexibility index (Phi) is 3.88. The minimum Gasteiger partial charge on any atom is -0.359 e. The van der Waals surface area contributed by atoms with E-state index in [1.807, 2.05) is 19.1 Å². The number of benzene rings is 2. The van der Waals surface area contributed by atoms with Crippen LogP contribution in [0.1, 0.15) is 27.7 Å². The van der Waals surface area contributed by atoms with Crippen molar-refractivity contribution in [2.75, 3.05) is 10.2 Å². The second-order valence-corrected chi connectivity index (χ2v) is 6.13. The van der Waals surface area contributed by atoms with Crippen LogP contribution >= 0.6 is 0 Å². The van der Waals surface area contributed by atoms with Crippen molar-refractivity contribution < 1.29 is 13.6 Å². The molecule has 4 rings (SSSR count). The maximum absolute atomic E-state index is 14.1. The van der Waals surface area contributed by atoms with Gasteiger partial charge in [0.25, 0.3) is 5.91 Å². The van der Waals surface area contributed by atoms with Gasteiger partial charge in [0.05, 0.1) is 5.69 Å². The van der Waals surface area contributed by atoms with Gasteiger partial charge in [-0.1, -0.05) is 24.3 Å². The Morgan fingerprint density at radius 3 is 2.62 bits per heavy atom. The normalized spacial score (nSPS) is 15.9. The van der Waals surface area contributed by atoms with Gasteiger partial charge in [-0.2, -0.15) is 0 Å². The Morgan fingerprint density at radius 1 is 1.08 bits per heavy atom. The number of pyridine rings is 1. The molecule has 6 heteroatoms. The number of rotatable bonds is 3. The zero-order chi connectivity index (χ0) is 18.3.